The lowest BCUT2D eigenvalue weighted by molar-refractivity contribution is -0.118. The molecule has 0 aliphatic heterocycles. The van der Waals surface area contributed by atoms with Crippen molar-refractivity contribution in [3.63, 3.8) is 0 Å². The second kappa shape index (κ2) is 5.09. The second-order valence-corrected chi connectivity index (χ2v) is 5.60. The Kier molecular flexibility index (Phi) is 3.69. The average molecular weight is 308 g/mol. The molecule has 1 aromatic rings. The summed E-state index contributed by atoms with van der Waals surface area (Å²) in [6.07, 6.45) is 3.27. The number of amides is 1. The number of hydrogen-bond acceptors (Lipinski definition) is 3. The minimum absolute atomic E-state index is 0.0809. The summed E-state index contributed by atoms with van der Waals surface area (Å²) in [5, 5.41) is 11.6. The standard InChI is InChI=1S/C13H14BrN3O/c14-10-6-9(8-15)2-3-11(10)17-12(18)7-13(16)4-1-5-13/h2-3,6H,1,4-5,7,16H2,(H,17,18). The number of carbonyl (C=O) groups is 1. The Morgan fingerprint density at radius 3 is 2.78 bits per heavy atom. The van der Waals surface area contributed by atoms with Gasteiger partial charge in [0, 0.05) is 16.4 Å². The number of nitrogens with one attached hydrogen (secondary N) is 1. The van der Waals surface area contributed by atoms with Crippen LogP contribution in [-0.4, -0.2) is 11.4 Å². The molecular formula is C13H14BrN3O. The maximum absolute atomic E-state index is 11.9. The maximum atomic E-state index is 11.9. The molecular weight excluding hydrogens is 294 g/mol. The van der Waals surface area contributed by atoms with Gasteiger partial charge in [-0.3, -0.25) is 4.79 Å². The van der Waals surface area contributed by atoms with Gasteiger partial charge in [0.1, 0.15) is 0 Å². The van der Waals surface area contributed by atoms with E-state index in [9.17, 15) is 4.79 Å². The van der Waals surface area contributed by atoms with E-state index in [2.05, 4.69) is 21.2 Å². The number of hydrogen-bond donors (Lipinski definition) is 2. The first-order valence-electron chi connectivity index (χ1n) is 5.81. The van der Waals surface area contributed by atoms with Gasteiger partial charge in [-0.05, 0) is 53.4 Å². The van der Waals surface area contributed by atoms with Gasteiger partial charge in [-0.25, -0.2) is 0 Å². The fraction of sp³-hybridized carbons (Fsp3) is 0.385. The molecule has 1 aliphatic carbocycles. The van der Waals surface area contributed by atoms with Crippen LogP contribution in [0.2, 0.25) is 0 Å². The van der Waals surface area contributed by atoms with Crippen LogP contribution in [0.15, 0.2) is 22.7 Å². The fourth-order valence-electron chi connectivity index (χ4n) is 2.01. The predicted octanol–water partition coefficient (Wildman–Crippen LogP) is 2.53. The van der Waals surface area contributed by atoms with Crippen molar-refractivity contribution in [2.24, 2.45) is 5.73 Å². The van der Waals surface area contributed by atoms with Crippen molar-refractivity contribution in [2.45, 2.75) is 31.2 Å². The number of halogens is 1. The van der Waals surface area contributed by atoms with Crippen molar-refractivity contribution in [3.05, 3.63) is 28.2 Å². The predicted molar refractivity (Wildman–Crippen MR) is 72.9 cm³/mol. The van der Waals surface area contributed by atoms with Gasteiger partial charge in [0.05, 0.1) is 17.3 Å². The number of benzene rings is 1. The van der Waals surface area contributed by atoms with E-state index in [1.165, 1.54) is 0 Å². The Morgan fingerprint density at radius 1 is 1.56 bits per heavy atom. The molecule has 0 atom stereocenters. The molecule has 0 spiro atoms. The molecule has 1 aromatic carbocycles. The van der Waals surface area contributed by atoms with Crippen molar-refractivity contribution in [1.29, 1.82) is 5.26 Å². The van der Waals surface area contributed by atoms with E-state index >= 15 is 0 Å². The summed E-state index contributed by atoms with van der Waals surface area (Å²) < 4.78 is 0.703. The van der Waals surface area contributed by atoms with E-state index in [0.29, 0.717) is 22.1 Å². The molecule has 3 N–H and O–H groups in total. The summed E-state index contributed by atoms with van der Waals surface area (Å²) in [5.74, 6) is -0.0809. The first-order chi connectivity index (χ1) is 8.52. The monoisotopic (exact) mass is 307 g/mol. The molecule has 1 saturated carbocycles. The largest absolute Gasteiger partial charge is 0.325 e. The van der Waals surface area contributed by atoms with Crippen LogP contribution in [0.25, 0.3) is 0 Å². The fourth-order valence-corrected chi connectivity index (χ4v) is 2.49. The summed E-state index contributed by atoms with van der Waals surface area (Å²) in [6, 6.07) is 7.10. The highest BCUT2D eigenvalue weighted by molar-refractivity contribution is 9.10. The highest BCUT2D eigenvalue weighted by Gasteiger charge is 2.34. The van der Waals surface area contributed by atoms with E-state index < -0.39 is 0 Å². The quantitative estimate of drug-likeness (QED) is 0.900. The number of anilines is 1. The third-order valence-corrected chi connectivity index (χ3v) is 3.89. The molecule has 5 heteroatoms. The third kappa shape index (κ3) is 2.89. The van der Waals surface area contributed by atoms with Gasteiger partial charge in [0.25, 0.3) is 0 Å². The lowest BCUT2D eigenvalue weighted by atomic mass is 9.75. The molecule has 0 bridgehead atoms. The minimum Gasteiger partial charge on any atom is -0.325 e. The van der Waals surface area contributed by atoms with Gasteiger partial charge in [-0.15, -0.1) is 0 Å². The molecule has 4 nitrogen and oxygen atoms in total. The molecule has 1 amide bonds. The molecule has 94 valence electrons. The Bertz CT molecular complexity index is 517. The lowest BCUT2D eigenvalue weighted by Crippen LogP contribution is -2.48. The molecule has 1 aliphatic rings. The van der Waals surface area contributed by atoms with Gasteiger partial charge < -0.3 is 11.1 Å². The molecule has 18 heavy (non-hydrogen) atoms. The summed E-state index contributed by atoms with van der Waals surface area (Å²) in [6.45, 7) is 0. The van der Waals surface area contributed by atoms with E-state index in [0.717, 1.165) is 19.3 Å². The van der Waals surface area contributed by atoms with E-state index in [1.54, 1.807) is 18.2 Å². The third-order valence-electron chi connectivity index (χ3n) is 3.23. The van der Waals surface area contributed by atoms with Gasteiger partial charge in [-0.2, -0.15) is 5.26 Å². The summed E-state index contributed by atoms with van der Waals surface area (Å²) in [4.78, 5) is 11.9. The lowest BCUT2D eigenvalue weighted by Gasteiger charge is -2.37. The van der Waals surface area contributed by atoms with E-state index in [4.69, 9.17) is 11.0 Å². The van der Waals surface area contributed by atoms with Crippen LogP contribution in [0.1, 0.15) is 31.2 Å². The summed E-state index contributed by atoms with van der Waals surface area (Å²) in [5.41, 5.74) is 6.93. The highest BCUT2D eigenvalue weighted by Crippen LogP contribution is 2.32. The number of carbonyl (C=O) groups excluding carboxylic acids is 1. The minimum atomic E-state index is -0.316. The van der Waals surface area contributed by atoms with Crippen molar-refractivity contribution in [2.75, 3.05) is 5.32 Å². The Labute approximate surface area is 114 Å². The van der Waals surface area contributed by atoms with E-state index in [1.807, 2.05) is 6.07 Å². The van der Waals surface area contributed by atoms with E-state index in [-0.39, 0.29) is 11.4 Å². The van der Waals surface area contributed by atoms with Crippen molar-refractivity contribution < 1.29 is 4.79 Å². The van der Waals surface area contributed by atoms with Crippen molar-refractivity contribution in [1.82, 2.24) is 0 Å². The van der Waals surface area contributed by atoms with Crippen LogP contribution < -0.4 is 11.1 Å². The Hall–Kier alpha value is -1.38. The van der Waals surface area contributed by atoms with Gasteiger partial charge in [0.2, 0.25) is 5.91 Å². The van der Waals surface area contributed by atoms with Crippen molar-refractivity contribution >= 4 is 27.5 Å². The second-order valence-electron chi connectivity index (χ2n) is 4.75. The molecule has 2 rings (SSSR count). The molecule has 0 saturated heterocycles. The zero-order valence-corrected chi connectivity index (χ0v) is 11.5. The van der Waals surface area contributed by atoms with Crippen LogP contribution >= 0.6 is 15.9 Å². The van der Waals surface area contributed by atoms with Crippen molar-refractivity contribution in [3.8, 4) is 6.07 Å². The number of nitrogens with two attached hydrogens (primary N) is 1. The van der Waals surface area contributed by atoms with Crippen LogP contribution in [-0.2, 0) is 4.79 Å². The average Bonchev–Trinajstić information content (AvgIpc) is 2.29. The Balaban J connectivity index is 2.01. The Morgan fingerprint density at radius 2 is 2.28 bits per heavy atom. The van der Waals surface area contributed by atoms with Crippen LogP contribution in [0.3, 0.4) is 0 Å². The first-order valence-corrected chi connectivity index (χ1v) is 6.60. The normalized spacial score (nSPS) is 16.5. The van der Waals surface area contributed by atoms with Gasteiger partial charge >= 0.3 is 0 Å². The molecule has 1 fully saturated rings. The zero-order valence-electron chi connectivity index (χ0n) is 9.87. The van der Waals surface area contributed by atoms with Gasteiger partial charge in [0.15, 0.2) is 0 Å². The summed E-state index contributed by atoms with van der Waals surface area (Å²) in [7, 11) is 0. The number of nitrogens with zero attached hydrogens (tertiary/aromatic N) is 1. The molecule has 0 heterocycles. The summed E-state index contributed by atoms with van der Waals surface area (Å²) >= 11 is 3.33. The molecule has 0 radical (unpaired) electrons. The van der Waals surface area contributed by atoms with Crippen LogP contribution in [0.4, 0.5) is 5.69 Å². The first kappa shape index (κ1) is 13.1. The number of nitriles is 1. The maximum Gasteiger partial charge on any atom is 0.226 e. The zero-order chi connectivity index (χ0) is 13.2. The topological polar surface area (TPSA) is 78.9 Å². The molecule has 0 aromatic heterocycles. The SMILES string of the molecule is N#Cc1ccc(NC(=O)CC2(N)CCC2)c(Br)c1. The highest BCUT2D eigenvalue weighted by atomic mass is 79.9. The van der Waals surface area contributed by atoms with Gasteiger partial charge in [-0.1, -0.05) is 0 Å². The van der Waals surface area contributed by atoms with Crippen LogP contribution in [0, 0.1) is 11.3 Å². The number of rotatable bonds is 3. The molecule has 0 unspecified atom stereocenters. The smallest absolute Gasteiger partial charge is 0.226 e. The van der Waals surface area contributed by atoms with Crippen LogP contribution in [0.5, 0.6) is 0 Å².